The predicted molar refractivity (Wildman–Crippen MR) is 58.2 cm³/mol. The fraction of sp³-hybridized carbons (Fsp3) is 0.818. The first kappa shape index (κ1) is 13.9. The molecule has 0 saturated heterocycles. The maximum absolute atomic E-state index is 11.5. The number of ether oxygens (including phenoxy) is 1. The minimum absolute atomic E-state index is 0.00819. The standard InChI is InChI=1S/C11H21NO3/c1-7(11(3,4)5)9(10(14)15-6)12-8(2)13/h7,9H,1-6H3,(H,12,13)/t7-,9+/m1/s1. The monoisotopic (exact) mass is 215 g/mol. The minimum atomic E-state index is -0.576. The maximum Gasteiger partial charge on any atom is 0.328 e. The van der Waals surface area contributed by atoms with Crippen molar-refractivity contribution in [2.45, 2.75) is 40.7 Å². The van der Waals surface area contributed by atoms with Gasteiger partial charge >= 0.3 is 5.97 Å². The van der Waals surface area contributed by atoms with Crippen molar-refractivity contribution in [2.75, 3.05) is 7.11 Å². The molecule has 0 rings (SSSR count). The summed E-state index contributed by atoms with van der Waals surface area (Å²) in [6.45, 7) is 9.39. The van der Waals surface area contributed by atoms with Crippen LogP contribution in [0.1, 0.15) is 34.6 Å². The first-order valence-corrected chi connectivity index (χ1v) is 5.05. The van der Waals surface area contributed by atoms with E-state index >= 15 is 0 Å². The summed E-state index contributed by atoms with van der Waals surface area (Å²) in [4.78, 5) is 22.5. The van der Waals surface area contributed by atoms with Gasteiger partial charge in [-0.05, 0) is 11.3 Å². The number of amides is 1. The molecular weight excluding hydrogens is 194 g/mol. The van der Waals surface area contributed by atoms with Gasteiger partial charge in [-0.1, -0.05) is 27.7 Å². The van der Waals surface area contributed by atoms with Crippen LogP contribution in [-0.4, -0.2) is 25.0 Å². The zero-order valence-electron chi connectivity index (χ0n) is 10.4. The van der Waals surface area contributed by atoms with E-state index in [0.717, 1.165) is 0 Å². The van der Waals surface area contributed by atoms with Gasteiger partial charge in [0.2, 0.25) is 5.91 Å². The van der Waals surface area contributed by atoms with Crippen LogP contribution in [0.15, 0.2) is 0 Å². The molecule has 15 heavy (non-hydrogen) atoms. The van der Waals surface area contributed by atoms with Gasteiger partial charge in [0.05, 0.1) is 7.11 Å². The highest BCUT2D eigenvalue weighted by Crippen LogP contribution is 2.28. The Morgan fingerprint density at radius 2 is 1.73 bits per heavy atom. The van der Waals surface area contributed by atoms with Crippen LogP contribution in [0, 0.1) is 11.3 Å². The SMILES string of the molecule is COC(=O)[C@@H](NC(C)=O)[C@@H](C)C(C)(C)C. The van der Waals surface area contributed by atoms with Crippen LogP contribution >= 0.6 is 0 Å². The van der Waals surface area contributed by atoms with Crippen LogP contribution in [0.4, 0.5) is 0 Å². The lowest BCUT2D eigenvalue weighted by Crippen LogP contribution is -2.48. The van der Waals surface area contributed by atoms with Gasteiger partial charge < -0.3 is 10.1 Å². The Balaban J connectivity index is 4.78. The van der Waals surface area contributed by atoms with E-state index in [1.165, 1.54) is 14.0 Å². The third-order valence-corrected chi connectivity index (χ3v) is 2.68. The normalized spacial score (nSPS) is 15.3. The zero-order chi connectivity index (χ0) is 12.2. The predicted octanol–water partition coefficient (Wildman–Crippen LogP) is 1.35. The highest BCUT2D eigenvalue weighted by atomic mass is 16.5. The number of hydrogen-bond donors (Lipinski definition) is 1. The molecule has 0 aliphatic heterocycles. The summed E-state index contributed by atoms with van der Waals surface area (Å²) in [6.07, 6.45) is 0. The zero-order valence-corrected chi connectivity index (χ0v) is 10.4. The van der Waals surface area contributed by atoms with Crippen LogP contribution in [0.5, 0.6) is 0 Å². The smallest absolute Gasteiger partial charge is 0.328 e. The lowest BCUT2D eigenvalue weighted by atomic mass is 9.77. The van der Waals surface area contributed by atoms with Crippen LogP contribution < -0.4 is 5.32 Å². The topological polar surface area (TPSA) is 55.4 Å². The first-order valence-electron chi connectivity index (χ1n) is 5.05. The van der Waals surface area contributed by atoms with Crippen molar-refractivity contribution in [3.8, 4) is 0 Å². The highest BCUT2D eigenvalue weighted by Gasteiger charge is 2.34. The van der Waals surface area contributed by atoms with Crippen molar-refractivity contribution < 1.29 is 14.3 Å². The Bertz CT molecular complexity index is 243. The number of methoxy groups -OCH3 is 1. The van der Waals surface area contributed by atoms with Crippen molar-refractivity contribution >= 4 is 11.9 Å². The van der Waals surface area contributed by atoms with Gasteiger partial charge in [0.1, 0.15) is 6.04 Å². The molecule has 88 valence electrons. The van der Waals surface area contributed by atoms with Crippen LogP contribution in [0.2, 0.25) is 0 Å². The molecule has 0 fully saturated rings. The van der Waals surface area contributed by atoms with E-state index in [0.29, 0.717) is 0 Å². The molecule has 1 N–H and O–H groups in total. The van der Waals surface area contributed by atoms with Crippen LogP contribution in [-0.2, 0) is 14.3 Å². The summed E-state index contributed by atoms with van der Waals surface area (Å²) < 4.78 is 4.68. The second-order valence-electron chi connectivity index (χ2n) is 4.86. The highest BCUT2D eigenvalue weighted by molar-refractivity contribution is 5.83. The van der Waals surface area contributed by atoms with E-state index < -0.39 is 12.0 Å². The van der Waals surface area contributed by atoms with Crippen LogP contribution in [0.25, 0.3) is 0 Å². The largest absolute Gasteiger partial charge is 0.467 e. The summed E-state index contributed by atoms with van der Waals surface area (Å²) in [5.74, 6) is -0.608. The average Bonchev–Trinajstić information content (AvgIpc) is 2.10. The fourth-order valence-corrected chi connectivity index (χ4v) is 1.23. The summed E-state index contributed by atoms with van der Waals surface area (Å²) in [6, 6.07) is -0.576. The molecule has 0 aliphatic carbocycles. The van der Waals surface area contributed by atoms with E-state index in [2.05, 4.69) is 10.1 Å². The van der Waals surface area contributed by atoms with Gasteiger partial charge in [-0.15, -0.1) is 0 Å². The van der Waals surface area contributed by atoms with E-state index in [9.17, 15) is 9.59 Å². The van der Waals surface area contributed by atoms with Crippen molar-refractivity contribution in [3.63, 3.8) is 0 Å². The third kappa shape index (κ3) is 4.32. The molecule has 0 aromatic carbocycles. The Morgan fingerprint density at radius 3 is 2.00 bits per heavy atom. The van der Waals surface area contributed by atoms with Gasteiger partial charge in [-0.2, -0.15) is 0 Å². The quantitative estimate of drug-likeness (QED) is 0.723. The Labute approximate surface area is 91.4 Å². The van der Waals surface area contributed by atoms with Gasteiger partial charge in [-0.25, -0.2) is 4.79 Å². The van der Waals surface area contributed by atoms with Crippen molar-refractivity contribution in [3.05, 3.63) is 0 Å². The van der Waals surface area contributed by atoms with Crippen LogP contribution in [0.3, 0.4) is 0 Å². The lowest BCUT2D eigenvalue weighted by Gasteiger charge is -2.32. The maximum atomic E-state index is 11.5. The fourth-order valence-electron chi connectivity index (χ4n) is 1.23. The second-order valence-corrected chi connectivity index (χ2v) is 4.86. The Hall–Kier alpha value is -1.06. The summed E-state index contributed by atoms with van der Waals surface area (Å²) in [5, 5.41) is 2.62. The molecule has 4 heteroatoms. The van der Waals surface area contributed by atoms with E-state index in [1.807, 2.05) is 27.7 Å². The van der Waals surface area contributed by atoms with Gasteiger partial charge in [-0.3, -0.25) is 4.79 Å². The summed E-state index contributed by atoms with van der Waals surface area (Å²) in [7, 11) is 1.33. The number of esters is 1. The van der Waals surface area contributed by atoms with E-state index in [-0.39, 0.29) is 17.2 Å². The van der Waals surface area contributed by atoms with Gasteiger partial charge in [0, 0.05) is 6.92 Å². The number of carbonyl (C=O) groups excluding carboxylic acids is 2. The molecule has 0 aliphatic rings. The average molecular weight is 215 g/mol. The van der Waals surface area contributed by atoms with Crippen molar-refractivity contribution in [1.29, 1.82) is 0 Å². The molecule has 0 aromatic heterocycles. The molecule has 2 atom stereocenters. The van der Waals surface area contributed by atoms with Crippen molar-refractivity contribution in [2.24, 2.45) is 11.3 Å². The number of rotatable bonds is 3. The summed E-state index contributed by atoms with van der Waals surface area (Å²) >= 11 is 0. The molecular formula is C11H21NO3. The number of hydrogen-bond acceptors (Lipinski definition) is 3. The molecule has 0 aromatic rings. The molecule has 0 bridgehead atoms. The number of carbonyl (C=O) groups is 2. The van der Waals surface area contributed by atoms with E-state index in [1.54, 1.807) is 0 Å². The molecule has 0 saturated carbocycles. The summed E-state index contributed by atoms with van der Waals surface area (Å²) in [5.41, 5.74) is -0.0681. The molecule has 0 spiro atoms. The molecule has 1 amide bonds. The minimum Gasteiger partial charge on any atom is -0.467 e. The molecule has 0 unspecified atom stereocenters. The lowest BCUT2D eigenvalue weighted by molar-refractivity contribution is -0.147. The first-order chi connectivity index (χ1) is 6.70. The molecule has 0 radical (unpaired) electrons. The Morgan fingerprint density at radius 1 is 1.27 bits per heavy atom. The van der Waals surface area contributed by atoms with Gasteiger partial charge in [0.15, 0.2) is 0 Å². The second kappa shape index (κ2) is 5.14. The number of nitrogens with one attached hydrogen (secondary N) is 1. The van der Waals surface area contributed by atoms with E-state index in [4.69, 9.17) is 0 Å². The van der Waals surface area contributed by atoms with Gasteiger partial charge in [0.25, 0.3) is 0 Å². The molecule has 0 heterocycles. The Kier molecular flexibility index (Phi) is 4.78. The third-order valence-electron chi connectivity index (χ3n) is 2.68. The van der Waals surface area contributed by atoms with Crippen molar-refractivity contribution in [1.82, 2.24) is 5.32 Å². The molecule has 4 nitrogen and oxygen atoms in total.